The number of fused-ring (bicyclic) bond motifs is 1. The Morgan fingerprint density at radius 1 is 1.53 bits per heavy atom. The molecule has 2 heterocycles. The fraction of sp³-hybridized carbons (Fsp3) is 0.200. The van der Waals surface area contributed by atoms with Crippen molar-refractivity contribution < 1.29 is 9.53 Å². The normalized spacial score (nSPS) is 10.6. The van der Waals surface area contributed by atoms with Gasteiger partial charge in [-0.05, 0) is 35.0 Å². The summed E-state index contributed by atoms with van der Waals surface area (Å²) in [5, 5.41) is 4.25. The molecule has 0 aliphatic carbocycles. The number of hydrogen-bond acceptors (Lipinski definition) is 3. The highest BCUT2D eigenvalue weighted by atomic mass is 79.9. The summed E-state index contributed by atoms with van der Waals surface area (Å²) in [6.45, 7) is 1.90. The summed E-state index contributed by atoms with van der Waals surface area (Å²) in [6.07, 6.45) is 1.65. The number of esters is 1. The van der Waals surface area contributed by atoms with Crippen molar-refractivity contribution in [2.75, 3.05) is 7.11 Å². The minimum atomic E-state index is -0.360. The second-order valence-corrected chi connectivity index (χ2v) is 3.93. The predicted octanol–water partition coefficient (Wildman–Crippen LogP) is 2.19. The first-order valence-corrected chi connectivity index (χ1v) is 5.15. The standard InChI is InChI=1S/C10H9BrN2O2/c1-6-9(11)8-4-3-7(10(14)15-2)5-13(8)12-6/h3-5H,1-2H3. The lowest BCUT2D eigenvalue weighted by atomic mass is 10.2. The Morgan fingerprint density at radius 2 is 2.27 bits per heavy atom. The zero-order valence-corrected chi connectivity index (χ0v) is 9.91. The van der Waals surface area contributed by atoms with Gasteiger partial charge in [0.1, 0.15) is 0 Å². The lowest BCUT2D eigenvalue weighted by Gasteiger charge is -1.99. The topological polar surface area (TPSA) is 43.6 Å². The van der Waals surface area contributed by atoms with Crippen molar-refractivity contribution in [1.82, 2.24) is 9.61 Å². The molecule has 0 aliphatic heterocycles. The number of carbonyl (C=O) groups is 1. The number of carbonyl (C=O) groups excluding carboxylic acids is 1. The number of nitrogens with zero attached hydrogens (tertiary/aromatic N) is 2. The van der Waals surface area contributed by atoms with Crippen LogP contribution in [0.3, 0.4) is 0 Å². The highest BCUT2D eigenvalue weighted by molar-refractivity contribution is 9.10. The molecule has 0 unspecified atom stereocenters. The highest BCUT2D eigenvalue weighted by Crippen LogP contribution is 2.22. The van der Waals surface area contributed by atoms with E-state index in [1.54, 1.807) is 16.8 Å². The zero-order chi connectivity index (χ0) is 11.0. The van der Waals surface area contributed by atoms with Gasteiger partial charge in [0.2, 0.25) is 0 Å². The molecular formula is C10H9BrN2O2. The van der Waals surface area contributed by atoms with Crippen molar-refractivity contribution in [3.63, 3.8) is 0 Å². The lowest BCUT2D eigenvalue weighted by Crippen LogP contribution is -2.02. The number of aryl methyl sites for hydroxylation is 1. The van der Waals surface area contributed by atoms with Gasteiger partial charge >= 0.3 is 5.97 Å². The minimum Gasteiger partial charge on any atom is -0.465 e. The molecule has 2 rings (SSSR count). The molecule has 0 radical (unpaired) electrons. The van der Waals surface area contributed by atoms with Crippen molar-refractivity contribution in [3.05, 3.63) is 34.1 Å². The van der Waals surface area contributed by atoms with Crippen LogP contribution in [0.4, 0.5) is 0 Å². The van der Waals surface area contributed by atoms with Gasteiger partial charge in [-0.25, -0.2) is 9.31 Å². The Labute approximate surface area is 95.0 Å². The lowest BCUT2D eigenvalue weighted by molar-refractivity contribution is 0.0600. The Hall–Kier alpha value is -1.36. The molecule has 0 amide bonds. The summed E-state index contributed by atoms with van der Waals surface area (Å²) in [6, 6.07) is 3.55. The molecule has 0 N–H and O–H groups in total. The molecule has 0 atom stereocenters. The quantitative estimate of drug-likeness (QED) is 0.745. The maximum atomic E-state index is 11.3. The van der Waals surface area contributed by atoms with E-state index in [-0.39, 0.29) is 5.97 Å². The van der Waals surface area contributed by atoms with E-state index in [4.69, 9.17) is 0 Å². The summed E-state index contributed by atoms with van der Waals surface area (Å²) in [7, 11) is 1.36. The molecule has 4 nitrogen and oxygen atoms in total. The average Bonchev–Trinajstić information content (AvgIpc) is 2.53. The Bertz CT molecular complexity index is 533. The summed E-state index contributed by atoms with van der Waals surface area (Å²) < 4.78 is 7.23. The van der Waals surface area contributed by atoms with Crippen molar-refractivity contribution in [1.29, 1.82) is 0 Å². The summed E-state index contributed by atoms with van der Waals surface area (Å²) in [5.41, 5.74) is 2.30. The van der Waals surface area contributed by atoms with E-state index < -0.39 is 0 Å². The van der Waals surface area contributed by atoms with E-state index >= 15 is 0 Å². The van der Waals surface area contributed by atoms with Crippen LogP contribution in [0.25, 0.3) is 5.52 Å². The Kier molecular flexibility index (Phi) is 2.48. The highest BCUT2D eigenvalue weighted by Gasteiger charge is 2.10. The molecule has 0 saturated heterocycles. The van der Waals surface area contributed by atoms with Crippen LogP contribution in [-0.4, -0.2) is 22.7 Å². The van der Waals surface area contributed by atoms with Gasteiger partial charge in [-0.3, -0.25) is 0 Å². The number of rotatable bonds is 1. The molecule has 78 valence electrons. The Balaban J connectivity index is 2.62. The SMILES string of the molecule is COC(=O)c1ccc2c(Br)c(C)nn2c1. The van der Waals surface area contributed by atoms with Crippen LogP contribution in [0.15, 0.2) is 22.8 Å². The molecule has 0 aliphatic rings. The van der Waals surface area contributed by atoms with Gasteiger partial charge in [0.25, 0.3) is 0 Å². The van der Waals surface area contributed by atoms with Crippen LogP contribution in [0.5, 0.6) is 0 Å². The van der Waals surface area contributed by atoms with Crippen LogP contribution in [-0.2, 0) is 4.74 Å². The van der Waals surface area contributed by atoms with Gasteiger partial charge in [-0.15, -0.1) is 0 Å². The van der Waals surface area contributed by atoms with E-state index in [2.05, 4.69) is 25.8 Å². The van der Waals surface area contributed by atoms with Gasteiger partial charge in [0.15, 0.2) is 0 Å². The molecule has 0 spiro atoms. The molecule has 2 aromatic rings. The third-order valence-corrected chi connectivity index (χ3v) is 3.13. The number of aromatic nitrogens is 2. The first-order chi connectivity index (χ1) is 7.13. The smallest absolute Gasteiger partial charge is 0.339 e. The van der Waals surface area contributed by atoms with Gasteiger partial charge in [-0.1, -0.05) is 0 Å². The van der Waals surface area contributed by atoms with Crippen LogP contribution >= 0.6 is 15.9 Å². The molecule has 5 heteroatoms. The summed E-state index contributed by atoms with van der Waals surface area (Å²) in [5.74, 6) is -0.360. The molecule has 0 aromatic carbocycles. The molecule has 2 aromatic heterocycles. The maximum Gasteiger partial charge on any atom is 0.339 e. The number of halogens is 1. The number of methoxy groups -OCH3 is 1. The first-order valence-electron chi connectivity index (χ1n) is 4.36. The minimum absolute atomic E-state index is 0.360. The monoisotopic (exact) mass is 268 g/mol. The van der Waals surface area contributed by atoms with Crippen LogP contribution in [0.1, 0.15) is 16.1 Å². The van der Waals surface area contributed by atoms with Gasteiger partial charge in [0.05, 0.1) is 28.4 Å². The molecule has 0 fully saturated rings. The summed E-state index contributed by atoms with van der Waals surface area (Å²) in [4.78, 5) is 11.3. The third kappa shape index (κ3) is 1.63. The van der Waals surface area contributed by atoms with Gasteiger partial charge < -0.3 is 4.74 Å². The maximum absolute atomic E-state index is 11.3. The first kappa shape index (κ1) is 10.2. The predicted molar refractivity (Wildman–Crippen MR) is 59.0 cm³/mol. The van der Waals surface area contributed by atoms with E-state index in [1.807, 2.05) is 13.0 Å². The molecule has 0 saturated carbocycles. The van der Waals surface area contributed by atoms with E-state index in [0.717, 1.165) is 15.7 Å². The number of pyridine rings is 1. The van der Waals surface area contributed by atoms with Crippen molar-refractivity contribution in [2.24, 2.45) is 0 Å². The summed E-state index contributed by atoms with van der Waals surface area (Å²) >= 11 is 3.43. The second-order valence-electron chi connectivity index (χ2n) is 3.14. The Morgan fingerprint density at radius 3 is 2.93 bits per heavy atom. The third-order valence-electron chi connectivity index (χ3n) is 2.15. The fourth-order valence-electron chi connectivity index (χ4n) is 1.38. The number of ether oxygens (including phenoxy) is 1. The molecule has 15 heavy (non-hydrogen) atoms. The van der Waals surface area contributed by atoms with Crippen molar-refractivity contribution in [2.45, 2.75) is 6.92 Å². The average molecular weight is 269 g/mol. The molecular weight excluding hydrogens is 260 g/mol. The largest absolute Gasteiger partial charge is 0.465 e. The fourth-order valence-corrected chi connectivity index (χ4v) is 1.77. The van der Waals surface area contributed by atoms with E-state index in [0.29, 0.717) is 5.56 Å². The van der Waals surface area contributed by atoms with Crippen LogP contribution in [0.2, 0.25) is 0 Å². The van der Waals surface area contributed by atoms with Crippen molar-refractivity contribution >= 4 is 27.4 Å². The van der Waals surface area contributed by atoms with Gasteiger partial charge in [0, 0.05) is 6.20 Å². The van der Waals surface area contributed by atoms with E-state index in [9.17, 15) is 4.79 Å². The van der Waals surface area contributed by atoms with Crippen LogP contribution < -0.4 is 0 Å². The van der Waals surface area contributed by atoms with Crippen LogP contribution in [0, 0.1) is 6.92 Å². The van der Waals surface area contributed by atoms with E-state index in [1.165, 1.54) is 7.11 Å². The second kappa shape index (κ2) is 3.66. The zero-order valence-electron chi connectivity index (χ0n) is 8.32. The number of hydrogen-bond donors (Lipinski definition) is 0. The molecule has 0 bridgehead atoms. The van der Waals surface area contributed by atoms with Crippen molar-refractivity contribution in [3.8, 4) is 0 Å². The van der Waals surface area contributed by atoms with Gasteiger partial charge in [-0.2, -0.15) is 5.10 Å².